The molecule has 0 aliphatic carbocycles. The number of nitro benzene ring substituents is 1. The number of hydrazone groups is 1. The fraction of sp³-hybridized carbons (Fsp3) is 0.235. The summed E-state index contributed by atoms with van der Waals surface area (Å²) >= 11 is 3.68. The summed E-state index contributed by atoms with van der Waals surface area (Å²) in [7, 11) is 0. The van der Waals surface area contributed by atoms with E-state index < -0.39 is 23.1 Å². The number of halogens is 9. The van der Waals surface area contributed by atoms with Crippen molar-refractivity contribution >= 4 is 57.1 Å². The fourth-order valence-electron chi connectivity index (χ4n) is 2.10. The highest BCUT2D eigenvalue weighted by molar-refractivity contribution is 14.1. The van der Waals surface area contributed by atoms with Crippen LogP contribution < -0.4 is 10.2 Å². The van der Waals surface area contributed by atoms with Crippen molar-refractivity contribution in [1.82, 2.24) is 5.43 Å². The zero-order chi connectivity index (χ0) is 24.3. The van der Waals surface area contributed by atoms with E-state index in [-0.39, 0.29) is 17.9 Å². The molecule has 0 aliphatic rings. The summed E-state index contributed by atoms with van der Waals surface area (Å²) in [6, 6.07) is 2.70. The van der Waals surface area contributed by atoms with Crippen LogP contribution in [0, 0.1) is 17.3 Å². The van der Waals surface area contributed by atoms with Gasteiger partial charge < -0.3 is 4.74 Å². The van der Waals surface area contributed by atoms with E-state index in [0.29, 0.717) is 30.1 Å². The van der Waals surface area contributed by atoms with Crippen molar-refractivity contribution < 1.29 is 40.4 Å². The third-order valence-corrected chi connectivity index (χ3v) is 5.32. The second-order valence-corrected chi connectivity index (χ2v) is 8.37. The molecule has 0 heterocycles. The topological polar surface area (TPSA) is 76.8 Å². The number of non-ortho nitro benzene ring substituents is 1. The number of alkyl halides is 7. The quantitative estimate of drug-likeness (QED) is 0.0908. The van der Waals surface area contributed by atoms with Gasteiger partial charge in [-0.1, -0.05) is 0 Å². The maximum Gasteiger partial charge on any atom is 0.462 e. The maximum absolute atomic E-state index is 13.2. The van der Waals surface area contributed by atoms with E-state index in [9.17, 15) is 40.8 Å². The van der Waals surface area contributed by atoms with Gasteiger partial charge in [0, 0.05) is 12.1 Å². The lowest BCUT2D eigenvalue weighted by Crippen LogP contribution is -2.58. The molecule has 1 N–H and O–H groups in total. The highest BCUT2D eigenvalue weighted by Gasteiger charge is 2.73. The molecule has 0 spiro atoms. The minimum absolute atomic E-state index is 0.0533. The SMILES string of the molecule is O=[N+]([O-])c1ccc(COc2c(I)cc(/C=N/NC(F)(F)C(F)(F)C(F)(F)F)cc2I)cc1. The van der Waals surface area contributed by atoms with Crippen LogP contribution in [0.2, 0.25) is 0 Å². The maximum atomic E-state index is 13.2. The third-order valence-electron chi connectivity index (χ3n) is 3.72. The van der Waals surface area contributed by atoms with Crippen LogP contribution in [0.25, 0.3) is 0 Å². The zero-order valence-corrected chi connectivity index (χ0v) is 19.6. The normalized spacial score (nSPS) is 12.8. The molecule has 2 rings (SSSR count). The first-order valence-corrected chi connectivity index (χ1v) is 10.3. The Morgan fingerprint density at radius 1 is 1.03 bits per heavy atom. The molecule has 2 aromatic rings. The molecular weight excluding hydrogens is 681 g/mol. The average Bonchev–Trinajstić information content (AvgIpc) is 2.66. The van der Waals surface area contributed by atoms with Crippen LogP contribution in [-0.4, -0.2) is 29.3 Å². The van der Waals surface area contributed by atoms with Gasteiger partial charge in [0.15, 0.2) is 0 Å². The van der Waals surface area contributed by atoms with Crippen molar-refractivity contribution in [3.05, 3.63) is 64.8 Å². The van der Waals surface area contributed by atoms with Gasteiger partial charge in [0.25, 0.3) is 5.69 Å². The van der Waals surface area contributed by atoms with Gasteiger partial charge >= 0.3 is 18.1 Å². The van der Waals surface area contributed by atoms with Gasteiger partial charge in [-0.25, -0.2) is 5.43 Å². The molecule has 15 heteroatoms. The van der Waals surface area contributed by atoms with Crippen LogP contribution in [0.1, 0.15) is 11.1 Å². The van der Waals surface area contributed by atoms with Gasteiger partial charge in [0.05, 0.1) is 18.3 Å². The van der Waals surface area contributed by atoms with E-state index in [0.717, 1.165) is 0 Å². The summed E-state index contributed by atoms with van der Waals surface area (Å²) < 4.78 is 95.0. The minimum atomic E-state index is -6.47. The van der Waals surface area contributed by atoms with Crippen molar-refractivity contribution in [2.45, 2.75) is 24.8 Å². The van der Waals surface area contributed by atoms with E-state index >= 15 is 0 Å². The number of rotatable bonds is 8. The largest absolute Gasteiger partial charge is 0.487 e. The van der Waals surface area contributed by atoms with Gasteiger partial charge in [-0.2, -0.15) is 35.8 Å². The Hall–Kier alpha value is -1.92. The predicted molar refractivity (Wildman–Crippen MR) is 116 cm³/mol. The molecule has 0 fully saturated rings. The summed E-state index contributed by atoms with van der Waals surface area (Å²) in [5.41, 5.74) is 1.21. The summed E-state index contributed by atoms with van der Waals surface area (Å²) in [6.45, 7) is 0.0533. The predicted octanol–water partition coefficient (Wildman–Crippen LogP) is 6.10. The molecule has 174 valence electrons. The Labute approximate surface area is 202 Å². The minimum Gasteiger partial charge on any atom is -0.487 e. The van der Waals surface area contributed by atoms with Gasteiger partial charge in [-0.15, -0.1) is 0 Å². The van der Waals surface area contributed by atoms with Crippen LogP contribution in [-0.2, 0) is 6.61 Å². The number of nitrogens with zero attached hydrogens (tertiary/aromatic N) is 2. The first kappa shape index (κ1) is 26.3. The molecule has 0 atom stereocenters. The highest BCUT2D eigenvalue weighted by atomic mass is 127. The van der Waals surface area contributed by atoms with E-state index in [1.807, 2.05) is 45.2 Å². The smallest absolute Gasteiger partial charge is 0.462 e. The highest BCUT2D eigenvalue weighted by Crippen LogP contribution is 2.45. The second kappa shape index (κ2) is 9.92. The molecule has 0 radical (unpaired) electrons. The number of benzene rings is 2. The Morgan fingerprint density at radius 3 is 2.03 bits per heavy atom. The summed E-state index contributed by atoms with van der Waals surface area (Å²) in [4.78, 5) is 10.1. The molecule has 0 unspecified atom stereocenters. The fourth-order valence-corrected chi connectivity index (χ4v) is 4.23. The van der Waals surface area contributed by atoms with Crippen molar-refractivity contribution in [3.8, 4) is 5.75 Å². The molecule has 0 saturated heterocycles. The Kier molecular flexibility index (Phi) is 8.16. The van der Waals surface area contributed by atoms with Gasteiger partial charge in [0.1, 0.15) is 12.4 Å². The number of nitro groups is 1. The molecule has 0 aliphatic heterocycles. The third kappa shape index (κ3) is 6.10. The monoisotopic (exact) mass is 691 g/mol. The molecule has 6 nitrogen and oxygen atoms in total. The first-order chi connectivity index (χ1) is 14.7. The van der Waals surface area contributed by atoms with E-state index in [1.54, 1.807) is 0 Å². The van der Waals surface area contributed by atoms with Gasteiger partial charge in [0.2, 0.25) is 0 Å². The van der Waals surface area contributed by atoms with Crippen LogP contribution in [0.5, 0.6) is 5.75 Å². The van der Waals surface area contributed by atoms with E-state index in [1.165, 1.54) is 36.4 Å². The molecule has 0 saturated carbocycles. The van der Waals surface area contributed by atoms with Crippen molar-refractivity contribution in [3.63, 3.8) is 0 Å². The van der Waals surface area contributed by atoms with Crippen LogP contribution >= 0.6 is 45.2 Å². The van der Waals surface area contributed by atoms with Gasteiger partial charge in [-0.05, 0) is 80.6 Å². The average molecular weight is 691 g/mol. The standard InChI is InChI=1S/C17H10F7I2N3O3/c18-15(19,16(20,21)22)17(23,24)28-27-7-10-5-12(25)14(13(26)6-10)32-8-9-1-3-11(4-2-9)29(30)31/h1-7,28H,8H2/b27-7+. The van der Waals surface area contributed by atoms with Crippen molar-refractivity contribution in [2.24, 2.45) is 5.10 Å². The summed E-state index contributed by atoms with van der Waals surface area (Å²) in [6.07, 6.45) is -5.81. The molecule has 0 bridgehead atoms. The molecule has 32 heavy (non-hydrogen) atoms. The van der Waals surface area contributed by atoms with Crippen LogP contribution in [0.15, 0.2) is 41.5 Å². The zero-order valence-electron chi connectivity index (χ0n) is 15.3. The Bertz CT molecular complexity index is 992. The summed E-state index contributed by atoms with van der Waals surface area (Å²) in [5, 5.41) is 13.5. The Balaban J connectivity index is 2.09. The number of ether oxygens (including phenoxy) is 1. The van der Waals surface area contributed by atoms with Crippen LogP contribution in [0.4, 0.5) is 36.4 Å². The van der Waals surface area contributed by atoms with E-state index in [4.69, 9.17) is 4.74 Å². The number of nitrogens with one attached hydrogen (secondary N) is 1. The lowest BCUT2D eigenvalue weighted by atomic mass is 10.2. The molecule has 0 aromatic heterocycles. The van der Waals surface area contributed by atoms with Crippen molar-refractivity contribution in [2.75, 3.05) is 0 Å². The molecule has 0 amide bonds. The Morgan fingerprint density at radius 2 is 1.56 bits per heavy atom. The van der Waals surface area contributed by atoms with Crippen molar-refractivity contribution in [1.29, 1.82) is 0 Å². The molecule has 2 aromatic carbocycles. The number of hydrogen-bond donors (Lipinski definition) is 1. The van der Waals surface area contributed by atoms with E-state index in [2.05, 4.69) is 5.10 Å². The van der Waals surface area contributed by atoms with Gasteiger partial charge in [-0.3, -0.25) is 10.1 Å². The van der Waals surface area contributed by atoms with Crippen LogP contribution in [0.3, 0.4) is 0 Å². The lowest BCUT2D eigenvalue weighted by Gasteiger charge is -2.27. The number of hydrogen-bond acceptors (Lipinski definition) is 5. The lowest BCUT2D eigenvalue weighted by molar-refractivity contribution is -0.384. The first-order valence-electron chi connectivity index (χ1n) is 8.13. The summed E-state index contributed by atoms with van der Waals surface area (Å²) in [5.74, 6) is -5.95. The molecular formula is C17H10F7I2N3O3. The second-order valence-electron chi connectivity index (χ2n) is 6.04.